The van der Waals surface area contributed by atoms with Gasteiger partial charge in [0.2, 0.25) is 0 Å². The van der Waals surface area contributed by atoms with Gasteiger partial charge in [-0.3, -0.25) is 0 Å². The zero-order valence-electron chi connectivity index (χ0n) is 8.18. The molecule has 0 amide bonds. The van der Waals surface area contributed by atoms with Crippen molar-refractivity contribution in [3.63, 3.8) is 0 Å². The zero-order chi connectivity index (χ0) is 9.23. The van der Waals surface area contributed by atoms with Gasteiger partial charge >= 0.3 is 0 Å². The van der Waals surface area contributed by atoms with Crippen LogP contribution in [0.2, 0.25) is 0 Å². The molecule has 70 valence electrons. The lowest BCUT2D eigenvalue weighted by atomic mass is 10.0. The number of terminal acetylenes is 1. The van der Waals surface area contributed by atoms with Crippen LogP contribution < -0.4 is 5.73 Å². The molecule has 0 bridgehead atoms. The highest BCUT2D eigenvalue weighted by atomic mass is 14.6. The Morgan fingerprint density at radius 1 is 1.25 bits per heavy atom. The second-order valence-electron chi connectivity index (χ2n) is 3.35. The summed E-state index contributed by atoms with van der Waals surface area (Å²) in [5.74, 6) is 2.62. The molecule has 1 unspecified atom stereocenters. The average molecular weight is 167 g/mol. The maximum atomic E-state index is 5.85. The standard InChI is InChI=1S/C11H21N/c1-3-5-7-8-10-11(12)9-6-4-2/h2,11H,3,5-10,12H2,1H3. The maximum Gasteiger partial charge on any atom is 0.0101 e. The second-order valence-corrected chi connectivity index (χ2v) is 3.35. The van der Waals surface area contributed by atoms with E-state index in [1.165, 1.54) is 25.7 Å². The number of rotatable bonds is 7. The van der Waals surface area contributed by atoms with Gasteiger partial charge in [-0.1, -0.05) is 32.6 Å². The fourth-order valence-electron chi connectivity index (χ4n) is 1.25. The van der Waals surface area contributed by atoms with Gasteiger partial charge in [-0.15, -0.1) is 12.3 Å². The fourth-order valence-corrected chi connectivity index (χ4v) is 1.25. The van der Waals surface area contributed by atoms with E-state index in [-0.39, 0.29) is 0 Å². The van der Waals surface area contributed by atoms with Crippen LogP contribution in [0.3, 0.4) is 0 Å². The van der Waals surface area contributed by atoms with Crippen molar-refractivity contribution in [3.8, 4) is 12.3 Å². The second kappa shape index (κ2) is 8.62. The minimum atomic E-state index is 0.331. The first kappa shape index (κ1) is 11.5. The molecule has 2 N–H and O–H groups in total. The predicted molar refractivity (Wildman–Crippen MR) is 54.8 cm³/mol. The lowest BCUT2D eigenvalue weighted by Gasteiger charge is -2.08. The van der Waals surface area contributed by atoms with Crippen molar-refractivity contribution in [3.05, 3.63) is 0 Å². The molecule has 0 aromatic rings. The van der Waals surface area contributed by atoms with Crippen LogP contribution in [0.5, 0.6) is 0 Å². The monoisotopic (exact) mass is 167 g/mol. The Morgan fingerprint density at radius 3 is 2.58 bits per heavy atom. The molecule has 0 aliphatic carbocycles. The highest BCUT2D eigenvalue weighted by Gasteiger charge is 1.99. The minimum Gasteiger partial charge on any atom is -0.328 e. The highest BCUT2D eigenvalue weighted by molar-refractivity contribution is 4.84. The smallest absolute Gasteiger partial charge is 0.0101 e. The van der Waals surface area contributed by atoms with E-state index in [0.29, 0.717) is 6.04 Å². The molecule has 0 aromatic carbocycles. The molecule has 0 saturated carbocycles. The van der Waals surface area contributed by atoms with Gasteiger partial charge < -0.3 is 5.73 Å². The van der Waals surface area contributed by atoms with Crippen molar-refractivity contribution >= 4 is 0 Å². The van der Waals surface area contributed by atoms with Gasteiger partial charge in [-0.25, -0.2) is 0 Å². The summed E-state index contributed by atoms with van der Waals surface area (Å²) in [6, 6.07) is 0.331. The number of hydrogen-bond donors (Lipinski definition) is 1. The van der Waals surface area contributed by atoms with Crippen LogP contribution in [0.1, 0.15) is 51.9 Å². The molecule has 0 spiro atoms. The van der Waals surface area contributed by atoms with Gasteiger partial charge in [0.1, 0.15) is 0 Å². The van der Waals surface area contributed by atoms with Gasteiger partial charge in [-0.05, 0) is 12.8 Å². The van der Waals surface area contributed by atoms with Crippen LogP contribution in [0, 0.1) is 12.3 Å². The minimum absolute atomic E-state index is 0.331. The normalized spacial score (nSPS) is 12.4. The van der Waals surface area contributed by atoms with Crippen molar-refractivity contribution in [1.82, 2.24) is 0 Å². The predicted octanol–water partition coefficient (Wildman–Crippen LogP) is 2.70. The van der Waals surface area contributed by atoms with Crippen molar-refractivity contribution < 1.29 is 0 Å². The van der Waals surface area contributed by atoms with E-state index >= 15 is 0 Å². The Hall–Kier alpha value is -0.480. The van der Waals surface area contributed by atoms with Crippen LogP contribution in [-0.4, -0.2) is 6.04 Å². The first-order valence-corrected chi connectivity index (χ1v) is 5.00. The van der Waals surface area contributed by atoms with Crippen LogP contribution >= 0.6 is 0 Å². The molecule has 0 rings (SSSR count). The van der Waals surface area contributed by atoms with E-state index in [9.17, 15) is 0 Å². The Balaban J connectivity index is 3.09. The molecular weight excluding hydrogens is 146 g/mol. The van der Waals surface area contributed by atoms with Gasteiger partial charge in [0.15, 0.2) is 0 Å². The van der Waals surface area contributed by atoms with E-state index in [1.54, 1.807) is 0 Å². The largest absolute Gasteiger partial charge is 0.328 e. The summed E-state index contributed by atoms with van der Waals surface area (Å²) in [5.41, 5.74) is 5.85. The Kier molecular flexibility index (Phi) is 8.27. The Labute approximate surface area is 76.7 Å². The van der Waals surface area contributed by atoms with Crippen molar-refractivity contribution in [2.75, 3.05) is 0 Å². The van der Waals surface area contributed by atoms with Gasteiger partial charge in [0.05, 0.1) is 0 Å². The third-order valence-electron chi connectivity index (χ3n) is 2.09. The lowest BCUT2D eigenvalue weighted by Crippen LogP contribution is -2.19. The van der Waals surface area contributed by atoms with E-state index < -0.39 is 0 Å². The summed E-state index contributed by atoms with van der Waals surface area (Å²) in [5, 5.41) is 0. The number of hydrogen-bond acceptors (Lipinski definition) is 1. The fraction of sp³-hybridized carbons (Fsp3) is 0.818. The Bertz CT molecular complexity index is 123. The summed E-state index contributed by atoms with van der Waals surface area (Å²) >= 11 is 0. The van der Waals surface area contributed by atoms with Gasteiger partial charge in [-0.2, -0.15) is 0 Å². The SMILES string of the molecule is C#CCCC(N)CCCCCC. The first-order chi connectivity index (χ1) is 5.81. The van der Waals surface area contributed by atoms with E-state index in [4.69, 9.17) is 12.2 Å². The molecule has 1 heteroatoms. The summed E-state index contributed by atoms with van der Waals surface area (Å²) < 4.78 is 0. The molecule has 0 aromatic heterocycles. The molecule has 0 aliphatic heterocycles. The third kappa shape index (κ3) is 7.63. The topological polar surface area (TPSA) is 26.0 Å². The lowest BCUT2D eigenvalue weighted by molar-refractivity contribution is 0.527. The van der Waals surface area contributed by atoms with Gasteiger partial charge in [0.25, 0.3) is 0 Å². The molecule has 0 radical (unpaired) electrons. The van der Waals surface area contributed by atoms with Gasteiger partial charge in [0, 0.05) is 12.5 Å². The molecule has 0 saturated heterocycles. The molecule has 1 nitrogen and oxygen atoms in total. The molecule has 0 aliphatic rings. The Morgan fingerprint density at radius 2 is 2.00 bits per heavy atom. The van der Waals surface area contributed by atoms with E-state index in [0.717, 1.165) is 19.3 Å². The van der Waals surface area contributed by atoms with Crippen LogP contribution in [0.4, 0.5) is 0 Å². The van der Waals surface area contributed by atoms with Crippen LogP contribution in [0.15, 0.2) is 0 Å². The molecule has 1 atom stereocenters. The summed E-state index contributed by atoms with van der Waals surface area (Å²) in [6.07, 6.45) is 13.3. The summed E-state index contributed by atoms with van der Waals surface area (Å²) in [4.78, 5) is 0. The van der Waals surface area contributed by atoms with Crippen molar-refractivity contribution in [2.24, 2.45) is 5.73 Å². The quantitative estimate of drug-likeness (QED) is 0.458. The first-order valence-electron chi connectivity index (χ1n) is 5.00. The van der Waals surface area contributed by atoms with Crippen molar-refractivity contribution in [2.45, 2.75) is 57.9 Å². The third-order valence-corrected chi connectivity index (χ3v) is 2.09. The maximum absolute atomic E-state index is 5.85. The molecular formula is C11H21N. The van der Waals surface area contributed by atoms with Crippen LogP contribution in [0.25, 0.3) is 0 Å². The zero-order valence-corrected chi connectivity index (χ0v) is 8.18. The van der Waals surface area contributed by atoms with Crippen LogP contribution in [-0.2, 0) is 0 Å². The molecule has 0 fully saturated rings. The van der Waals surface area contributed by atoms with E-state index in [2.05, 4.69) is 12.8 Å². The number of nitrogens with two attached hydrogens (primary N) is 1. The highest BCUT2D eigenvalue weighted by Crippen LogP contribution is 2.07. The molecule has 12 heavy (non-hydrogen) atoms. The molecule has 0 heterocycles. The average Bonchev–Trinajstić information content (AvgIpc) is 2.09. The van der Waals surface area contributed by atoms with Crippen molar-refractivity contribution in [1.29, 1.82) is 0 Å². The number of unbranched alkanes of at least 4 members (excludes halogenated alkanes) is 3. The van der Waals surface area contributed by atoms with E-state index in [1.807, 2.05) is 0 Å². The summed E-state index contributed by atoms with van der Waals surface area (Å²) in [7, 11) is 0. The summed E-state index contributed by atoms with van der Waals surface area (Å²) in [6.45, 7) is 2.22.